The van der Waals surface area contributed by atoms with E-state index < -0.39 is 14.9 Å². The first-order valence-electron chi connectivity index (χ1n) is 6.78. The summed E-state index contributed by atoms with van der Waals surface area (Å²) in [6.07, 6.45) is 0. The fourth-order valence-corrected chi connectivity index (χ4v) is 2.95. The summed E-state index contributed by atoms with van der Waals surface area (Å²) in [5.74, 6) is 0.809. The topological polar surface area (TPSA) is 99.0 Å². The van der Waals surface area contributed by atoms with Gasteiger partial charge in [0.2, 0.25) is 10.0 Å². The molecule has 0 aliphatic heterocycles. The molecule has 2 aromatic rings. The number of hydrogen-bond donors (Lipinski definition) is 0. The second kappa shape index (κ2) is 6.85. The molecule has 9 heteroatoms. The van der Waals surface area contributed by atoms with Crippen molar-refractivity contribution < 1.29 is 22.8 Å². The maximum absolute atomic E-state index is 12.4. The third kappa shape index (κ3) is 3.63. The second-order valence-electron chi connectivity index (χ2n) is 4.95. The Morgan fingerprint density at radius 1 is 1.04 bits per heavy atom. The maximum Gasteiger partial charge on any atom is 0.269 e. The van der Waals surface area contributed by atoms with Crippen molar-refractivity contribution in [1.29, 1.82) is 0 Å². The van der Waals surface area contributed by atoms with Crippen LogP contribution in [0, 0.1) is 10.1 Å². The van der Waals surface area contributed by atoms with Crippen LogP contribution in [0.2, 0.25) is 0 Å². The van der Waals surface area contributed by atoms with Crippen molar-refractivity contribution in [2.45, 2.75) is 4.90 Å². The first-order valence-corrected chi connectivity index (χ1v) is 8.22. The summed E-state index contributed by atoms with van der Waals surface area (Å²) in [7, 11) is 0.493. The van der Waals surface area contributed by atoms with Gasteiger partial charge in [0.15, 0.2) is 0 Å². The molecule has 0 saturated carbocycles. The van der Waals surface area contributed by atoms with Gasteiger partial charge in [-0.1, -0.05) is 0 Å². The highest BCUT2D eigenvalue weighted by Crippen LogP contribution is 2.32. The lowest BCUT2D eigenvalue weighted by molar-refractivity contribution is -0.384. The smallest absolute Gasteiger partial charge is 0.269 e. The van der Waals surface area contributed by atoms with E-state index in [4.69, 9.17) is 9.47 Å². The molecule has 0 N–H and O–H groups in total. The molecule has 0 spiro atoms. The quantitative estimate of drug-likeness (QED) is 0.585. The highest BCUT2D eigenvalue weighted by atomic mass is 32.2. The van der Waals surface area contributed by atoms with E-state index in [1.807, 2.05) is 0 Å². The average Bonchev–Trinajstić information content (AvgIpc) is 2.55. The number of nitrogens with zero attached hydrogens (tertiary/aromatic N) is 2. The summed E-state index contributed by atoms with van der Waals surface area (Å²) in [5.41, 5.74) is -0.0621. The van der Waals surface area contributed by atoms with Crippen molar-refractivity contribution in [3.63, 3.8) is 0 Å². The predicted octanol–water partition coefficient (Wildman–Crippen LogP) is 2.65. The third-order valence-corrected chi connectivity index (χ3v) is 5.01. The van der Waals surface area contributed by atoms with Crippen molar-refractivity contribution in [2.24, 2.45) is 0 Å². The molecule has 8 nitrogen and oxygen atoms in total. The Kier molecular flexibility index (Phi) is 5.05. The molecule has 24 heavy (non-hydrogen) atoms. The number of non-ortho nitro benzene ring substituents is 1. The van der Waals surface area contributed by atoms with Gasteiger partial charge in [0.25, 0.3) is 5.69 Å². The fourth-order valence-electron chi connectivity index (χ4n) is 1.89. The Balaban J connectivity index is 2.37. The summed E-state index contributed by atoms with van der Waals surface area (Å²) in [6.45, 7) is 0. The van der Waals surface area contributed by atoms with Crippen LogP contribution in [0.3, 0.4) is 0 Å². The number of methoxy groups -OCH3 is 1. The van der Waals surface area contributed by atoms with E-state index in [0.717, 1.165) is 4.31 Å². The zero-order chi connectivity index (χ0) is 17.9. The average molecular weight is 352 g/mol. The number of ether oxygens (including phenoxy) is 2. The van der Waals surface area contributed by atoms with E-state index in [9.17, 15) is 18.5 Å². The monoisotopic (exact) mass is 352 g/mol. The molecule has 0 aliphatic carbocycles. The molecule has 0 saturated heterocycles. The minimum atomic E-state index is -3.71. The van der Waals surface area contributed by atoms with Crippen LogP contribution in [-0.2, 0) is 10.0 Å². The molecule has 0 aliphatic rings. The highest BCUT2D eigenvalue weighted by Gasteiger charge is 2.23. The van der Waals surface area contributed by atoms with Crippen molar-refractivity contribution in [3.8, 4) is 17.2 Å². The van der Waals surface area contributed by atoms with Gasteiger partial charge in [-0.05, 0) is 24.3 Å². The lowest BCUT2D eigenvalue weighted by Gasteiger charge is -2.15. The van der Waals surface area contributed by atoms with Gasteiger partial charge in [0, 0.05) is 32.3 Å². The van der Waals surface area contributed by atoms with Crippen LogP contribution < -0.4 is 9.47 Å². The Labute approximate surface area is 139 Å². The molecule has 0 radical (unpaired) electrons. The predicted molar refractivity (Wildman–Crippen MR) is 87.0 cm³/mol. The van der Waals surface area contributed by atoms with Crippen molar-refractivity contribution in [3.05, 3.63) is 52.6 Å². The van der Waals surface area contributed by atoms with Gasteiger partial charge < -0.3 is 9.47 Å². The number of nitro groups is 1. The van der Waals surface area contributed by atoms with Crippen molar-refractivity contribution >= 4 is 15.7 Å². The maximum atomic E-state index is 12.4. The molecule has 0 heterocycles. The van der Waals surface area contributed by atoms with E-state index in [0.29, 0.717) is 5.75 Å². The van der Waals surface area contributed by atoms with Crippen LogP contribution >= 0.6 is 0 Å². The SMILES string of the molecule is COc1ccc(Oc2ccc([N+](=O)[O-])cc2)cc1S(=O)(=O)N(C)C. The molecule has 0 atom stereocenters. The Bertz CT molecular complexity index is 847. The summed E-state index contributed by atoms with van der Waals surface area (Å²) < 4.78 is 36.4. The Morgan fingerprint density at radius 3 is 2.12 bits per heavy atom. The van der Waals surface area contributed by atoms with Crippen LogP contribution in [0.5, 0.6) is 17.2 Å². The van der Waals surface area contributed by atoms with Crippen LogP contribution in [0.15, 0.2) is 47.4 Å². The van der Waals surface area contributed by atoms with E-state index in [1.54, 1.807) is 6.07 Å². The number of hydrogen-bond acceptors (Lipinski definition) is 6. The molecule has 2 aromatic carbocycles. The molecule has 0 aromatic heterocycles. The van der Waals surface area contributed by atoms with Crippen molar-refractivity contribution in [1.82, 2.24) is 4.31 Å². The Hall–Kier alpha value is -2.65. The number of nitro benzene ring substituents is 1. The third-order valence-electron chi connectivity index (χ3n) is 3.18. The van der Waals surface area contributed by atoms with Crippen LogP contribution in [0.25, 0.3) is 0 Å². The lowest BCUT2D eigenvalue weighted by Crippen LogP contribution is -2.22. The lowest BCUT2D eigenvalue weighted by atomic mass is 10.3. The van der Waals surface area contributed by atoms with E-state index in [2.05, 4.69) is 0 Å². The standard InChI is InChI=1S/C15H16N2O6S/c1-16(2)24(20,21)15-10-13(8-9-14(15)22-3)23-12-6-4-11(5-7-12)17(18)19/h4-10H,1-3H3. The Morgan fingerprint density at radius 2 is 1.62 bits per heavy atom. The largest absolute Gasteiger partial charge is 0.495 e. The van der Waals surface area contributed by atoms with Crippen molar-refractivity contribution in [2.75, 3.05) is 21.2 Å². The zero-order valence-electron chi connectivity index (χ0n) is 13.3. The highest BCUT2D eigenvalue weighted by molar-refractivity contribution is 7.89. The molecular weight excluding hydrogens is 336 g/mol. The number of sulfonamides is 1. The molecule has 0 fully saturated rings. The van der Waals surface area contributed by atoms with Gasteiger partial charge in [-0.25, -0.2) is 12.7 Å². The molecule has 128 valence electrons. The number of benzene rings is 2. The van der Waals surface area contributed by atoms with Crippen LogP contribution in [-0.4, -0.2) is 38.9 Å². The van der Waals surface area contributed by atoms with Gasteiger partial charge in [-0.15, -0.1) is 0 Å². The molecule has 0 bridgehead atoms. The summed E-state index contributed by atoms with van der Waals surface area (Å²) >= 11 is 0. The first-order chi connectivity index (χ1) is 11.3. The van der Waals surface area contributed by atoms with E-state index in [-0.39, 0.29) is 22.1 Å². The van der Waals surface area contributed by atoms with Gasteiger partial charge >= 0.3 is 0 Å². The van der Waals surface area contributed by atoms with Crippen LogP contribution in [0.4, 0.5) is 5.69 Å². The minimum absolute atomic E-state index is 0.0330. The van der Waals surface area contributed by atoms with Gasteiger partial charge in [0.1, 0.15) is 22.1 Å². The summed E-state index contributed by atoms with van der Waals surface area (Å²) in [5, 5.41) is 10.6. The molecule has 2 rings (SSSR count). The van der Waals surface area contributed by atoms with Crippen LogP contribution in [0.1, 0.15) is 0 Å². The molecular formula is C15H16N2O6S. The number of rotatable bonds is 6. The van der Waals surface area contributed by atoms with E-state index >= 15 is 0 Å². The zero-order valence-corrected chi connectivity index (χ0v) is 14.1. The summed E-state index contributed by atoms with van der Waals surface area (Å²) in [4.78, 5) is 10.1. The fraction of sp³-hybridized carbons (Fsp3) is 0.200. The molecule has 0 amide bonds. The van der Waals surface area contributed by atoms with E-state index in [1.165, 1.54) is 57.6 Å². The van der Waals surface area contributed by atoms with Gasteiger partial charge in [-0.2, -0.15) is 0 Å². The summed E-state index contributed by atoms with van der Waals surface area (Å²) in [6, 6.07) is 9.85. The van der Waals surface area contributed by atoms with Gasteiger partial charge in [-0.3, -0.25) is 10.1 Å². The second-order valence-corrected chi connectivity index (χ2v) is 7.07. The first kappa shape index (κ1) is 17.7. The minimum Gasteiger partial charge on any atom is -0.495 e. The molecule has 0 unspecified atom stereocenters. The van der Waals surface area contributed by atoms with Gasteiger partial charge in [0.05, 0.1) is 12.0 Å². The normalized spacial score (nSPS) is 11.3.